The zero-order valence-electron chi connectivity index (χ0n) is 10.9. The van der Waals surface area contributed by atoms with Crippen LogP contribution >= 0.6 is 0 Å². The quantitative estimate of drug-likeness (QED) is 0.712. The molecule has 0 fully saturated rings. The predicted molar refractivity (Wildman–Crippen MR) is 74.0 cm³/mol. The topological polar surface area (TPSA) is 50.1 Å². The molecule has 2 unspecified atom stereocenters. The van der Waals surface area contributed by atoms with Gasteiger partial charge in [0.25, 0.3) is 0 Å². The first-order chi connectivity index (χ1) is 8.69. The van der Waals surface area contributed by atoms with Crippen LogP contribution in [0.1, 0.15) is 32.3 Å². The Kier molecular flexibility index (Phi) is 6.45. The summed E-state index contributed by atoms with van der Waals surface area (Å²) in [6.07, 6.45) is 1.68. The fourth-order valence-corrected chi connectivity index (χ4v) is 2.63. The normalized spacial score (nSPS) is 13.6. The van der Waals surface area contributed by atoms with Crippen LogP contribution in [0.2, 0.25) is 0 Å². The van der Waals surface area contributed by atoms with Crippen molar-refractivity contribution in [2.75, 3.05) is 12.4 Å². The van der Waals surface area contributed by atoms with E-state index in [1.807, 2.05) is 26.0 Å². The lowest BCUT2D eigenvalue weighted by atomic mass is 10.2. The molecule has 98 valence electrons. The average Bonchev–Trinajstić information content (AvgIpc) is 2.42. The van der Waals surface area contributed by atoms with Gasteiger partial charge in [-0.15, -0.1) is 0 Å². The third kappa shape index (κ3) is 4.50. The molecule has 0 aliphatic carbocycles. The van der Waals surface area contributed by atoms with Crippen LogP contribution in [0.4, 0.5) is 0 Å². The fourth-order valence-electron chi connectivity index (χ4n) is 1.46. The van der Waals surface area contributed by atoms with Crippen LogP contribution in [0.15, 0.2) is 24.3 Å². The Hall–Kier alpha value is -1.34. The van der Waals surface area contributed by atoms with Crippen LogP contribution in [-0.2, 0) is 10.8 Å². The van der Waals surface area contributed by atoms with Gasteiger partial charge in [0, 0.05) is 21.8 Å². The first kappa shape index (κ1) is 14.7. The molecule has 0 aromatic heterocycles. The summed E-state index contributed by atoms with van der Waals surface area (Å²) >= 11 is 0. The van der Waals surface area contributed by atoms with Gasteiger partial charge in [-0.3, -0.25) is 4.21 Å². The molecular formula is C14H19NO2S. The van der Waals surface area contributed by atoms with E-state index in [-0.39, 0.29) is 5.25 Å². The Labute approximate surface area is 111 Å². The molecule has 0 radical (unpaired) electrons. The number of hydrogen-bond acceptors (Lipinski definition) is 3. The van der Waals surface area contributed by atoms with Crippen molar-refractivity contribution in [3.63, 3.8) is 0 Å². The Balaban J connectivity index is 2.34. The highest BCUT2D eigenvalue weighted by Gasteiger charge is 2.08. The molecule has 1 aromatic rings. The second-order valence-electron chi connectivity index (χ2n) is 4.11. The van der Waals surface area contributed by atoms with Crippen LogP contribution in [0.25, 0.3) is 0 Å². The van der Waals surface area contributed by atoms with Gasteiger partial charge in [0.1, 0.15) is 11.8 Å². The van der Waals surface area contributed by atoms with E-state index < -0.39 is 10.8 Å². The smallest absolute Gasteiger partial charge is 0.137 e. The van der Waals surface area contributed by atoms with Crippen molar-refractivity contribution < 1.29 is 8.95 Å². The maximum Gasteiger partial charge on any atom is 0.137 e. The first-order valence-electron chi connectivity index (χ1n) is 6.18. The summed E-state index contributed by atoms with van der Waals surface area (Å²) in [6.45, 7) is 4.55. The van der Waals surface area contributed by atoms with Gasteiger partial charge in [-0.25, -0.2) is 0 Å². The molecule has 4 heteroatoms. The number of hydrogen-bond donors (Lipinski definition) is 0. The summed E-state index contributed by atoms with van der Waals surface area (Å²) in [4.78, 5) is 0. The monoisotopic (exact) mass is 265 g/mol. The molecule has 0 bridgehead atoms. The van der Waals surface area contributed by atoms with Crippen molar-refractivity contribution in [3.8, 4) is 11.8 Å². The van der Waals surface area contributed by atoms with Gasteiger partial charge in [-0.1, -0.05) is 26.0 Å². The molecule has 0 N–H and O–H groups in total. The molecule has 1 rings (SSSR count). The van der Waals surface area contributed by atoms with Crippen molar-refractivity contribution in [2.45, 2.75) is 31.9 Å². The zero-order chi connectivity index (χ0) is 13.4. The largest absolute Gasteiger partial charge is 0.492 e. The van der Waals surface area contributed by atoms with Crippen LogP contribution in [0.5, 0.6) is 5.75 Å². The average molecular weight is 265 g/mol. The summed E-state index contributed by atoms with van der Waals surface area (Å²) in [5.74, 6) is 1.26. The van der Waals surface area contributed by atoms with Gasteiger partial charge in [0.05, 0.1) is 12.2 Å². The zero-order valence-corrected chi connectivity index (χ0v) is 11.7. The minimum Gasteiger partial charge on any atom is -0.492 e. The van der Waals surface area contributed by atoms with E-state index in [1.54, 1.807) is 12.1 Å². The van der Waals surface area contributed by atoms with E-state index in [4.69, 9.17) is 10.00 Å². The molecule has 0 saturated heterocycles. The fraction of sp³-hybridized carbons (Fsp3) is 0.500. The van der Waals surface area contributed by atoms with Gasteiger partial charge >= 0.3 is 0 Å². The van der Waals surface area contributed by atoms with Crippen molar-refractivity contribution in [3.05, 3.63) is 29.8 Å². The third-order valence-corrected chi connectivity index (χ3v) is 4.70. The Morgan fingerprint density at radius 2 is 2.17 bits per heavy atom. The number of nitrogens with zero attached hydrogens (tertiary/aromatic N) is 1. The molecule has 0 heterocycles. The lowest BCUT2D eigenvalue weighted by Crippen LogP contribution is -2.14. The standard InChI is InChI=1S/C14H19NO2S/c1-3-12(2)18(16)10-6-9-17-14-8-5-4-7-13(14)11-15/h4-5,7-8,12H,3,6,9-10H2,1-2H3. The highest BCUT2D eigenvalue weighted by atomic mass is 32.2. The van der Waals surface area contributed by atoms with E-state index in [0.29, 0.717) is 23.7 Å². The molecule has 0 amide bonds. The minimum absolute atomic E-state index is 0.247. The molecular weight excluding hydrogens is 246 g/mol. The van der Waals surface area contributed by atoms with E-state index in [2.05, 4.69) is 6.07 Å². The first-order valence-corrected chi connectivity index (χ1v) is 7.56. The molecule has 2 atom stereocenters. The maximum absolute atomic E-state index is 11.7. The van der Waals surface area contributed by atoms with Gasteiger partial charge in [-0.2, -0.15) is 5.26 Å². The van der Waals surface area contributed by atoms with E-state index in [9.17, 15) is 4.21 Å². The van der Waals surface area contributed by atoms with Gasteiger partial charge in [-0.05, 0) is 25.0 Å². The van der Waals surface area contributed by atoms with Crippen LogP contribution in [0.3, 0.4) is 0 Å². The lowest BCUT2D eigenvalue weighted by Gasteiger charge is -2.10. The van der Waals surface area contributed by atoms with Gasteiger partial charge in [0.2, 0.25) is 0 Å². The highest BCUT2D eigenvalue weighted by molar-refractivity contribution is 7.85. The van der Waals surface area contributed by atoms with Gasteiger partial charge in [0.15, 0.2) is 0 Å². The number of rotatable bonds is 7. The molecule has 3 nitrogen and oxygen atoms in total. The van der Waals surface area contributed by atoms with E-state index in [0.717, 1.165) is 12.8 Å². The summed E-state index contributed by atoms with van der Waals surface area (Å²) in [7, 11) is -0.775. The van der Waals surface area contributed by atoms with Crippen molar-refractivity contribution in [1.29, 1.82) is 5.26 Å². The number of benzene rings is 1. The van der Waals surface area contributed by atoms with Crippen LogP contribution < -0.4 is 4.74 Å². The maximum atomic E-state index is 11.7. The summed E-state index contributed by atoms with van der Waals surface area (Å²) < 4.78 is 17.2. The highest BCUT2D eigenvalue weighted by Crippen LogP contribution is 2.16. The van der Waals surface area contributed by atoms with Crippen LogP contribution in [0, 0.1) is 11.3 Å². The minimum atomic E-state index is -0.775. The molecule has 1 aromatic carbocycles. The lowest BCUT2D eigenvalue weighted by molar-refractivity contribution is 0.317. The van der Waals surface area contributed by atoms with E-state index >= 15 is 0 Å². The predicted octanol–water partition coefficient (Wildman–Crippen LogP) is 2.87. The Morgan fingerprint density at radius 1 is 1.44 bits per heavy atom. The van der Waals surface area contributed by atoms with Crippen LogP contribution in [-0.4, -0.2) is 21.8 Å². The second kappa shape index (κ2) is 7.88. The van der Waals surface area contributed by atoms with Crippen molar-refractivity contribution >= 4 is 10.8 Å². The van der Waals surface area contributed by atoms with Gasteiger partial charge < -0.3 is 4.74 Å². The van der Waals surface area contributed by atoms with Crippen molar-refractivity contribution in [2.24, 2.45) is 0 Å². The Bertz CT molecular complexity index is 440. The number of nitriles is 1. The molecule has 0 saturated carbocycles. The molecule has 0 aliphatic rings. The summed E-state index contributed by atoms with van der Waals surface area (Å²) in [6, 6.07) is 9.25. The molecule has 0 spiro atoms. The third-order valence-electron chi connectivity index (χ3n) is 2.78. The summed E-state index contributed by atoms with van der Waals surface area (Å²) in [5, 5.41) is 9.14. The van der Waals surface area contributed by atoms with E-state index in [1.165, 1.54) is 0 Å². The molecule has 18 heavy (non-hydrogen) atoms. The van der Waals surface area contributed by atoms with Crippen molar-refractivity contribution in [1.82, 2.24) is 0 Å². The second-order valence-corrected chi connectivity index (χ2v) is 6.09. The molecule has 0 aliphatic heterocycles. The summed E-state index contributed by atoms with van der Waals surface area (Å²) in [5.41, 5.74) is 0.542. The SMILES string of the molecule is CCC(C)S(=O)CCCOc1ccccc1C#N. The number of ether oxygens (including phenoxy) is 1. The number of para-hydroxylation sites is 1. The Morgan fingerprint density at radius 3 is 2.83 bits per heavy atom.